The van der Waals surface area contributed by atoms with Crippen LogP contribution in [0.5, 0.6) is 0 Å². The average Bonchev–Trinajstić information content (AvgIpc) is 2.20. The molecule has 0 aromatic rings. The molecular formula is C10H20N2O3. The van der Waals surface area contributed by atoms with Gasteiger partial charge in [0.25, 0.3) is 0 Å². The van der Waals surface area contributed by atoms with Gasteiger partial charge in [-0.05, 0) is 18.9 Å². The van der Waals surface area contributed by atoms with E-state index in [1.54, 1.807) is 0 Å². The van der Waals surface area contributed by atoms with Crippen molar-refractivity contribution in [1.82, 2.24) is 10.6 Å². The molecule has 0 saturated heterocycles. The Bertz CT molecular complexity index is 207. The normalized spacial score (nSPS) is 12.1. The van der Waals surface area contributed by atoms with Crippen LogP contribution in [0.15, 0.2) is 0 Å². The van der Waals surface area contributed by atoms with E-state index in [9.17, 15) is 9.59 Å². The van der Waals surface area contributed by atoms with Gasteiger partial charge in [-0.25, -0.2) is 0 Å². The van der Waals surface area contributed by atoms with E-state index in [0.717, 1.165) is 6.54 Å². The van der Waals surface area contributed by atoms with Crippen LogP contribution in [0.1, 0.15) is 26.7 Å². The van der Waals surface area contributed by atoms with Crippen LogP contribution in [-0.2, 0) is 9.59 Å². The smallest absolute Gasteiger partial charge is 0.303 e. The predicted molar refractivity (Wildman–Crippen MR) is 57.6 cm³/mol. The molecule has 0 aliphatic heterocycles. The molecular weight excluding hydrogens is 196 g/mol. The Kier molecular flexibility index (Phi) is 7.62. The molecule has 0 bridgehead atoms. The lowest BCUT2D eigenvalue weighted by atomic mass is 10.1. The molecule has 1 atom stereocenters. The molecule has 88 valence electrons. The highest BCUT2D eigenvalue weighted by atomic mass is 16.4. The van der Waals surface area contributed by atoms with Gasteiger partial charge in [-0.3, -0.25) is 9.59 Å². The SMILES string of the molecule is CCNCC(=O)NCC(C)CCC(=O)O. The molecule has 0 fully saturated rings. The summed E-state index contributed by atoms with van der Waals surface area (Å²) < 4.78 is 0. The Morgan fingerprint density at radius 2 is 2.07 bits per heavy atom. The number of hydrogen-bond acceptors (Lipinski definition) is 3. The van der Waals surface area contributed by atoms with Crippen molar-refractivity contribution in [3.63, 3.8) is 0 Å². The third-order valence-electron chi connectivity index (χ3n) is 2.03. The number of carboxylic acid groups (broad SMARTS) is 1. The molecule has 0 aromatic heterocycles. The van der Waals surface area contributed by atoms with Gasteiger partial charge < -0.3 is 15.7 Å². The summed E-state index contributed by atoms with van der Waals surface area (Å²) in [5, 5.41) is 14.1. The van der Waals surface area contributed by atoms with Crippen LogP contribution in [0.2, 0.25) is 0 Å². The van der Waals surface area contributed by atoms with E-state index in [0.29, 0.717) is 19.5 Å². The van der Waals surface area contributed by atoms with E-state index >= 15 is 0 Å². The summed E-state index contributed by atoms with van der Waals surface area (Å²) in [5.41, 5.74) is 0. The quantitative estimate of drug-likeness (QED) is 0.542. The van der Waals surface area contributed by atoms with Crippen molar-refractivity contribution in [3.8, 4) is 0 Å². The Morgan fingerprint density at radius 3 is 2.60 bits per heavy atom. The first kappa shape index (κ1) is 13.9. The monoisotopic (exact) mass is 216 g/mol. The average molecular weight is 216 g/mol. The van der Waals surface area contributed by atoms with Gasteiger partial charge >= 0.3 is 5.97 Å². The van der Waals surface area contributed by atoms with Crippen LogP contribution in [0, 0.1) is 5.92 Å². The van der Waals surface area contributed by atoms with E-state index < -0.39 is 5.97 Å². The second kappa shape index (κ2) is 8.23. The molecule has 1 amide bonds. The Labute approximate surface area is 90.2 Å². The van der Waals surface area contributed by atoms with E-state index in [4.69, 9.17) is 5.11 Å². The van der Waals surface area contributed by atoms with Crippen molar-refractivity contribution < 1.29 is 14.7 Å². The minimum Gasteiger partial charge on any atom is -0.481 e. The lowest BCUT2D eigenvalue weighted by molar-refractivity contribution is -0.137. The molecule has 0 spiro atoms. The Hall–Kier alpha value is -1.10. The van der Waals surface area contributed by atoms with Gasteiger partial charge in [0.1, 0.15) is 0 Å². The number of likely N-dealkylation sites (N-methyl/N-ethyl adjacent to an activating group) is 1. The van der Waals surface area contributed by atoms with Crippen molar-refractivity contribution >= 4 is 11.9 Å². The number of carboxylic acids is 1. The molecule has 15 heavy (non-hydrogen) atoms. The maximum atomic E-state index is 11.2. The van der Waals surface area contributed by atoms with Crippen LogP contribution in [-0.4, -0.2) is 36.6 Å². The summed E-state index contributed by atoms with van der Waals surface area (Å²) in [4.78, 5) is 21.4. The first-order chi connectivity index (χ1) is 7.06. The van der Waals surface area contributed by atoms with Crippen LogP contribution in [0.25, 0.3) is 0 Å². The van der Waals surface area contributed by atoms with Gasteiger partial charge in [0.15, 0.2) is 0 Å². The largest absolute Gasteiger partial charge is 0.481 e. The molecule has 3 N–H and O–H groups in total. The van der Waals surface area contributed by atoms with Gasteiger partial charge in [0, 0.05) is 13.0 Å². The molecule has 0 heterocycles. The minimum absolute atomic E-state index is 0.0426. The fourth-order valence-electron chi connectivity index (χ4n) is 1.06. The minimum atomic E-state index is -0.791. The number of carbonyl (C=O) groups excluding carboxylic acids is 1. The fraction of sp³-hybridized carbons (Fsp3) is 0.800. The first-order valence-electron chi connectivity index (χ1n) is 5.25. The summed E-state index contributed by atoms with van der Waals surface area (Å²) >= 11 is 0. The van der Waals surface area contributed by atoms with Crippen molar-refractivity contribution in [2.45, 2.75) is 26.7 Å². The van der Waals surface area contributed by atoms with E-state index in [1.165, 1.54) is 0 Å². The standard InChI is InChI=1S/C10H20N2O3/c1-3-11-7-9(13)12-6-8(2)4-5-10(14)15/h8,11H,3-7H2,1-2H3,(H,12,13)(H,14,15). The Balaban J connectivity index is 3.48. The zero-order valence-electron chi connectivity index (χ0n) is 9.38. The summed E-state index contributed by atoms with van der Waals surface area (Å²) in [6.07, 6.45) is 0.751. The molecule has 0 aliphatic rings. The van der Waals surface area contributed by atoms with Gasteiger partial charge in [-0.1, -0.05) is 13.8 Å². The first-order valence-corrected chi connectivity index (χ1v) is 5.25. The number of hydrogen-bond donors (Lipinski definition) is 3. The van der Waals surface area contributed by atoms with Gasteiger partial charge in [-0.15, -0.1) is 0 Å². The van der Waals surface area contributed by atoms with Crippen LogP contribution in [0.3, 0.4) is 0 Å². The van der Waals surface area contributed by atoms with Crippen LogP contribution in [0.4, 0.5) is 0 Å². The Morgan fingerprint density at radius 1 is 1.40 bits per heavy atom. The van der Waals surface area contributed by atoms with Gasteiger partial charge in [0.05, 0.1) is 6.54 Å². The molecule has 1 unspecified atom stereocenters. The van der Waals surface area contributed by atoms with E-state index in [-0.39, 0.29) is 18.2 Å². The molecule has 0 saturated carbocycles. The molecule has 0 radical (unpaired) electrons. The highest BCUT2D eigenvalue weighted by Crippen LogP contribution is 2.03. The number of nitrogens with one attached hydrogen (secondary N) is 2. The number of aliphatic carboxylic acids is 1. The predicted octanol–water partition coefficient (Wildman–Crippen LogP) is 0.213. The zero-order valence-corrected chi connectivity index (χ0v) is 9.38. The molecule has 0 rings (SSSR count). The molecule has 0 aliphatic carbocycles. The second-order valence-corrected chi connectivity index (χ2v) is 3.62. The van der Waals surface area contributed by atoms with E-state index in [2.05, 4.69) is 10.6 Å². The maximum absolute atomic E-state index is 11.2. The highest BCUT2D eigenvalue weighted by molar-refractivity contribution is 5.77. The maximum Gasteiger partial charge on any atom is 0.303 e. The molecule has 5 heteroatoms. The van der Waals surface area contributed by atoms with Crippen molar-refractivity contribution in [2.24, 2.45) is 5.92 Å². The topological polar surface area (TPSA) is 78.4 Å². The van der Waals surface area contributed by atoms with Crippen molar-refractivity contribution in [2.75, 3.05) is 19.6 Å². The third-order valence-corrected chi connectivity index (χ3v) is 2.03. The third kappa shape index (κ3) is 9.21. The summed E-state index contributed by atoms with van der Waals surface area (Å²) in [5.74, 6) is -0.633. The number of carbonyl (C=O) groups is 2. The van der Waals surface area contributed by atoms with Crippen molar-refractivity contribution in [3.05, 3.63) is 0 Å². The second-order valence-electron chi connectivity index (χ2n) is 3.62. The highest BCUT2D eigenvalue weighted by Gasteiger charge is 2.07. The number of amides is 1. The summed E-state index contributed by atoms with van der Waals surface area (Å²) in [7, 11) is 0. The van der Waals surface area contributed by atoms with Crippen LogP contribution >= 0.6 is 0 Å². The zero-order chi connectivity index (χ0) is 11.7. The summed E-state index contributed by atoms with van der Waals surface area (Å²) in [6.45, 7) is 5.49. The summed E-state index contributed by atoms with van der Waals surface area (Å²) in [6, 6.07) is 0. The lowest BCUT2D eigenvalue weighted by Gasteiger charge is -2.11. The van der Waals surface area contributed by atoms with Crippen molar-refractivity contribution in [1.29, 1.82) is 0 Å². The molecule has 5 nitrogen and oxygen atoms in total. The van der Waals surface area contributed by atoms with Gasteiger partial charge in [-0.2, -0.15) is 0 Å². The lowest BCUT2D eigenvalue weighted by Crippen LogP contribution is -2.36. The number of rotatable bonds is 8. The molecule has 0 aromatic carbocycles. The van der Waals surface area contributed by atoms with E-state index in [1.807, 2.05) is 13.8 Å². The van der Waals surface area contributed by atoms with Crippen LogP contribution < -0.4 is 10.6 Å². The fourth-order valence-corrected chi connectivity index (χ4v) is 1.06. The van der Waals surface area contributed by atoms with Gasteiger partial charge in [0.2, 0.25) is 5.91 Å².